The van der Waals surface area contributed by atoms with Crippen molar-refractivity contribution in [2.75, 3.05) is 0 Å². The highest BCUT2D eigenvalue weighted by molar-refractivity contribution is 5.79. The lowest BCUT2D eigenvalue weighted by molar-refractivity contribution is -0.125. The van der Waals surface area contributed by atoms with Crippen LogP contribution in [-0.4, -0.2) is 21.0 Å². The second kappa shape index (κ2) is 9.25. The molecule has 1 aliphatic rings. The first-order valence-corrected chi connectivity index (χ1v) is 10.8. The Hall–Kier alpha value is -3.28. The highest BCUT2D eigenvalue weighted by Gasteiger charge is 2.19. The summed E-state index contributed by atoms with van der Waals surface area (Å²) < 4.78 is 5.48. The number of allylic oxidation sites excluding steroid dienone is 2. The minimum absolute atomic E-state index is 0.0904. The average molecular weight is 417 g/mol. The molecule has 2 aromatic heterocycles. The molecule has 31 heavy (non-hydrogen) atoms. The van der Waals surface area contributed by atoms with Gasteiger partial charge in [0.15, 0.2) is 5.76 Å². The van der Waals surface area contributed by atoms with Gasteiger partial charge in [-0.05, 0) is 31.7 Å². The van der Waals surface area contributed by atoms with Crippen LogP contribution in [0.4, 0.5) is 0 Å². The van der Waals surface area contributed by atoms with Gasteiger partial charge in [0.1, 0.15) is 5.82 Å². The van der Waals surface area contributed by atoms with Crippen LogP contribution in [0, 0.1) is 12.8 Å². The van der Waals surface area contributed by atoms with E-state index in [0.717, 1.165) is 53.2 Å². The molecule has 1 aliphatic carbocycles. The number of aryl methyl sites for hydroxylation is 1. The number of carbonyl (C=O) groups excluding carboxylic acids is 1. The molecule has 1 amide bonds. The molecule has 0 fully saturated rings. The lowest BCUT2D eigenvalue weighted by Gasteiger charge is -2.17. The van der Waals surface area contributed by atoms with Gasteiger partial charge >= 0.3 is 0 Å². The molecule has 1 unspecified atom stereocenters. The van der Waals surface area contributed by atoms with Crippen LogP contribution in [-0.2, 0) is 11.3 Å². The van der Waals surface area contributed by atoms with Crippen LogP contribution < -0.4 is 5.32 Å². The third kappa shape index (κ3) is 4.90. The number of rotatable bonds is 6. The number of carbonyl (C=O) groups is 1. The monoisotopic (exact) mass is 416 g/mol. The summed E-state index contributed by atoms with van der Waals surface area (Å²) in [7, 11) is 0. The molecule has 0 bridgehead atoms. The van der Waals surface area contributed by atoms with E-state index in [1.54, 1.807) is 0 Å². The zero-order valence-electron chi connectivity index (χ0n) is 18.3. The molecule has 0 spiro atoms. The third-order valence-corrected chi connectivity index (χ3v) is 5.55. The van der Waals surface area contributed by atoms with Crippen molar-refractivity contribution in [3.63, 3.8) is 0 Å². The van der Waals surface area contributed by atoms with E-state index < -0.39 is 0 Å². The lowest BCUT2D eigenvalue weighted by atomic mass is 9.93. The Balaban J connectivity index is 1.54. The van der Waals surface area contributed by atoms with Crippen LogP contribution in [0.25, 0.3) is 22.6 Å². The van der Waals surface area contributed by atoms with Gasteiger partial charge in [-0.2, -0.15) is 0 Å². The molecule has 0 saturated heterocycles. The maximum atomic E-state index is 12.4. The Morgan fingerprint density at radius 1 is 1.23 bits per heavy atom. The Bertz CT molecular complexity index is 1080. The van der Waals surface area contributed by atoms with Gasteiger partial charge in [-0.25, -0.2) is 9.97 Å². The predicted octanol–water partition coefficient (Wildman–Crippen LogP) is 5.20. The first kappa shape index (κ1) is 21.0. The molecule has 6 heteroatoms. The van der Waals surface area contributed by atoms with Crippen molar-refractivity contribution in [1.82, 2.24) is 20.4 Å². The van der Waals surface area contributed by atoms with Gasteiger partial charge in [-0.15, -0.1) is 0 Å². The zero-order valence-corrected chi connectivity index (χ0v) is 18.3. The van der Waals surface area contributed by atoms with Crippen LogP contribution in [0.1, 0.15) is 56.1 Å². The van der Waals surface area contributed by atoms with Gasteiger partial charge < -0.3 is 9.84 Å². The maximum Gasteiger partial charge on any atom is 0.223 e. The first-order valence-electron chi connectivity index (χ1n) is 10.8. The largest absolute Gasteiger partial charge is 0.356 e. The van der Waals surface area contributed by atoms with E-state index in [9.17, 15) is 4.79 Å². The second-order valence-electron chi connectivity index (χ2n) is 8.37. The van der Waals surface area contributed by atoms with Crippen LogP contribution in [0.2, 0.25) is 0 Å². The standard InChI is InChI=1S/C25H28N4O2/c1-16(2)24-26-15-21(22-13-17(3)29-31-22)23(28-24)19-11-9-18(10-12-19)14-27-25(30)20-7-5-4-6-8-20/h4-5,9-13,15-16,20H,6-8,14H2,1-3H3,(H,27,30). The first-order chi connectivity index (χ1) is 15.0. The molecule has 3 aromatic rings. The molecular weight excluding hydrogens is 388 g/mol. The zero-order chi connectivity index (χ0) is 21.8. The molecule has 0 aliphatic heterocycles. The SMILES string of the molecule is Cc1cc(-c2cnc(C(C)C)nc2-c2ccc(CNC(=O)C3CC=CCC3)cc2)on1. The Morgan fingerprint density at radius 2 is 2.03 bits per heavy atom. The molecule has 1 N–H and O–H groups in total. The number of nitrogens with zero attached hydrogens (tertiary/aromatic N) is 3. The Kier molecular flexibility index (Phi) is 6.26. The van der Waals surface area contributed by atoms with Crippen molar-refractivity contribution in [2.24, 2.45) is 5.92 Å². The van der Waals surface area contributed by atoms with Gasteiger partial charge in [-0.1, -0.05) is 55.4 Å². The summed E-state index contributed by atoms with van der Waals surface area (Å²) in [6, 6.07) is 10.0. The van der Waals surface area contributed by atoms with Crippen LogP contribution >= 0.6 is 0 Å². The van der Waals surface area contributed by atoms with Crippen molar-refractivity contribution < 1.29 is 9.32 Å². The van der Waals surface area contributed by atoms with Crippen LogP contribution in [0.5, 0.6) is 0 Å². The van der Waals surface area contributed by atoms with Gasteiger partial charge in [0.2, 0.25) is 5.91 Å². The molecule has 2 heterocycles. The summed E-state index contributed by atoms with van der Waals surface area (Å²) >= 11 is 0. The predicted molar refractivity (Wildman–Crippen MR) is 120 cm³/mol. The topological polar surface area (TPSA) is 80.9 Å². The summed E-state index contributed by atoms with van der Waals surface area (Å²) in [5, 5.41) is 7.07. The minimum Gasteiger partial charge on any atom is -0.356 e. The van der Waals surface area contributed by atoms with E-state index in [0.29, 0.717) is 12.3 Å². The number of hydrogen-bond acceptors (Lipinski definition) is 5. The number of benzene rings is 1. The highest BCUT2D eigenvalue weighted by Crippen LogP contribution is 2.31. The van der Waals surface area contributed by atoms with Gasteiger partial charge in [-0.3, -0.25) is 4.79 Å². The van der Waals surface area contributed by atoms with Gasteiger partial charge in [0, 0.05) is 36.2 Å². The number of nitrogens with one attached hydrogen (secondary N) is 1. The molecule has 1 atom stereocenters. The fourth-order valence-electron chi connectivity index (χ4n) is 3.71. The number of hydrogen-bond donors (Lipinski definition) is 1. The fraction of sp³-hybridized carbons (Fsp3) is 0.360. The van der Waals surface area contributed by atoms with Crippen molar-refractivity contribution >= 4 is 5.91 Å². The van der Waals surface area contributed by atoms with Crippen LogP contribution in [0.15, 0.2) is 53.2 Å². The third-order valence-electron chi connectivity index (χ3n) is 5.55. The minimum atomic E-state index is 0.0904. The number of amides is 1. The molecule has 0 radical (unpaired) electrons. The van der Waals surface area contributed by atoms with Crippen LogP contribution in [0.3, 0.4) is 0 Å². The molecule has 1 aromatic carbocycles. The molecule has 6 nitrogen and oxygen atoms in total. The maximum absolute atomic E-state index is 12.4. The smallest absolute Gasteiger partial charge is 0.223 e. The Morgan fingerprint density at radius 3 is 2.68 bits per heavy atom. The van der Waals surface area contributed by atoms with Crippen molar-refractivity contribution in [3.05, 3.63) is 65.8 Å². The van der Waals surface area contributed by atoms with E-state index in [2.05, 4.69) is 41.5 Å². The second-order valence-corrected chi connectivity index (χ2v) is 8.37. The summed E-state index contributed by atoms with van der Waals surface area (Å²) in [6.07, 6.45) is 8.80. The summed E-state index contributed by atoms with van der Waals surface area (Å²) in [5.41, 5.74) is 4.48. The van der Waals surface area contributed by atoms with E-state index >= 15 is 0 Å². The van der Waals surface area contributed by atoms with E-state index in [1.807, 2.05) is 43.5 Å². The normalized spacial score (nSPS) is 15.9. The lowest BCUT2D eigenvalue weighted by Crippen LogP contribution is -2.30. The van der Waals surface area contributed by atoms with Crippen molar-refractivity contribution in [3.8, 4) is 22.6 Å². The fourth-order valence-corrected chi connectivity index (χ4v) is 3.71. The van der Waals surface area contributed by atoms with E-state index in [-0.39, 0.29) is 17.7 Å². The number of aromatic nitrogens is 3. The summed E-state index contributed by atoms with van der Waals surface area (Å²) in [6.45, 7) is 6.56. The molecule has 0 saturated carbocycles. The van der Waals surface area contributed by atoms with Gasteiger partial charge in [0.25, 0.3) is 0 Å². The highest BCUT2D eigenvalue weighted by atomic mass is 16.5. The van der Waals surface area contributed by atoms with E-state index in [1.165, 1.54) is 0 Å². The molecule has 160 valence electrons. The average Bonchev–Trinajstić information content (AvgIpc) is 3.24. The molecular formula is C25H28N4O2. The van der Waals surface area contributed by atoms with Gasteiger partial charge in [0.05, 0.1) is 17.0 Å². The van der Waals surface area contributed by atoms with Crippen molar-refractivity contribution in [2.45, 2.75) is 52.5 Å². The Labute approximate surface area is 182 Å². The molecule has 4 rings (SSSR count). The summed E-state index contributed by atoms with van der Waals surface area (Å²) in [5.74, 6) is 1.88. The summed E-state index contributed by atoms with van der Waals surface area (Å²) in [4.78, 5) is 21.7. The van der Waals surface area contributed by atoms with Crippen molar-refractivity contribution in [1.29, 1.82) is 0 Å². The quantitative estimate of drug-likeness (QED) is 0.558. The van der Waals surface area contributed by atoms with E-state index in [4.69, 9.17) is 9.51 Å².